The molecule has 3 heteroatoms. The smallest absolute Gasteiger partial charge is 0.0613 e. The SMILES string of the molecule is CNC1(CO)CCCC(N2CCC(C(C)C)CC2)C1. The average molecular weight is 268 g/mol. The lowest BCUT2D eigenvalue weighted by atomic mass is 9.77. The van der Waals surface area contributed by atoms with Crippen molar-refractivity contribution in [2.75, 3.05) is 26.7 Å². The molecule has 1 saturated heterocycles. The number of likely N-dealkylation sites (N-methyl/N-ethyl adjacent to an activating group) is 1. The van der Waals surface area contributed by atoms with E-state index in [9.17, 15) is 5.11 Å². The van der Waals surface area contributed by atoms with Crippen molar-refractivity contribution in [2.45, 2.75) is 64.0 Å². The van der Waals surface area contributed by atoms with Crippen LogP contribution in [0, 0.1) is 11.8 Å². The Labute approximate surface area is 118 Å². The Morgan fingerprint density at radius 2 is 1.95 bits per heavy atom. The standard InChI is InChI=1S/C16H32N2O/c1-13(2)14-6-9-18(10-7-14)15-5-4-8-16(11-15,12-19)17-3/h13-15,17,19H,4-12H2,1-3H3. The topological polar surface area (TPSA) is 35.5 Å². The molecule has 1 aliphatic heterocycles. The van der Waals surface area contributed by atoms with Gasteiger partial charge in [0.05, 0.1) is 6.61 Å². The highest BCUT2D eigenvalue weighted by atomic mass is 16.3. The van der Waals surface area contributed by atoms with Crippen LogP contribution in [-0.2, 0) is 0 Å². The van der Waals surface area contributed by atoms with Crippen molar-refractivity contribution < 1.29 is 5.11 Å². The summed E-state index contributed by atoms with van der Waals surface area (Å²) in [6.45, 7) is 7.53. The molecule has 2 rings (SSSR count). The van der Waals surface area contributed by atoms with E-state index in [1.807, 2.05) is 7.05 Å². The zero-order valence-electron chi connectivity index (χ0n) is 13.0. The molecular formula is C16H32N2O. The van der Waals surface area contributed by atoms with Gasteiger partial charge in [-0.25, -0.2) is 0 Å². The second-order valence-electron chi connectivity index (χ2n) is 7.06. The highest BCUT2D eigenvalue weighted by molar-refractivity contribution is 4.96. The van der Waals surface area contributed by atoms with Gasteiger partial charge < -0.3 is 15.3 Å². The van der Waals surface area contributed by atoms with E-state index in [4.69, 9.17) is 0 Å². The van der Waals surface area contributed by atoms with Crippen molar-refractivity contribution in [2.24, 2.45) is 11.8 Å². The molecule has 112 valence electrons. The van der Waals surface area contributed by atoms with Crippen molar-refractivity contribution >= 4 is 0 Å². The fourth-order valence-electron chi connectivity index (χ4n) is 4.04. The molecule has 0 radical (unpaired) electrons. The summed E-state index contributed by atoms with van der Waals surface area (Å²) >= 11 is 0. The van der Waals surface area contributed by atoms with Crippen molar-refractivity contribution in [1.82, 2.24) is 10.2 Å². The molecule has 2 atom stereocenters. The van der Waals surface area contributed by atoms with Crippen LogP contribution in [0.15, 0.2) is 0 Å². The van der Waals surface area contributed by atoms with Gasteiger partial charge in [0, 0.05) is 11.6 Å². The summed E-state index contributed by atoms with van der Waals surface area (Å²) in [5.74, 6) is 1.76. The highest BCUT2D eigenvalue weighted by Crippen LogP contribution is 2.34. The van der Waals surface area contributed by atoms with E-state index < -0.39 is 0 Å². The molecule has 1 heterocycles. The quantitative estimate of drug-likeness (QED) is 0.821. The molecule has 0 bridgehead atoms. The minimum absolute atomic E-state index is 0.0161. The van der Waals surface area contributed by atoms with E-state index in [-0.39, 0.29) is 12.1 Å². The minimum atomic E-state index is -0.0161. The lowest BCUT2D eigenvalue weighted by Crippen LogP contribution is -2.55. The van der Waals surface area contributed by atoms with Gasteiger partial charge in [0.2, 0.25) is 0 Å². The zero-order valence-corrected chi connectivity index (χ0v) is 13.0. The molecule has 0 aromatic carbocycles. The van der Waals surface area contributed by atoms with Gasteiger partial charge in [0.25, 0.3) is 0 Å². The predicted molar refractivity (Wildman–Crippen MR) is 80.3 cm³/mol. The lowest BCUT2D eigenvalue weighted by molar-refractivity contribution is 0.0411. The summed E-state index contributed by atoms with van der Waals surface area (Å²) in [6, 6.07) is 0.682. The van der Waals surface area contributed by atoms with E-state index in [2.05, 4.69) is 24.1 Å². The Balaban J connectivity index is 1.89. The van der Waals surface area contributed by atoms with Crippen LogP contribution in [0.2, 0.25) is 0 Å². The second kappa shape index (κ2) is 6.55. The molecule has 2 N–H and O–H groups in total. The number of rotatable bonds is 4. The van der Waals surface area contributed by atoms with Crippen LogP contribution in [-0.4, -0.2) is 48.3 Å². The Bertz CT molecular complexity index is 268. The van der Waals surface area contributed by atoms with Crippen molar-refractivity contribution in [3.8, 4) is 0 Å². The first-order valence-electron chi connectivity index (χ1n) is 8.14. The number of nitrogens with one attached hydrogen (secondary N) is 1. The van der Waals surface area contributed by atoms with E-state index in [0.29, 0.717) is 6.04 Å². The van der Waals surface area contributed by atoms with Crippen LogP contribution in [0.25, 0.3) is 0 Å². The predicted octanol–water partition coefficient (Wildman–Crippen LogP) is 2.25. The maximum atomic E-state index is 9.69. The third-order valence-corrected chi connectivity index (χ3v) is 5.69. The van der Waals surface area contributed by atoms with Gasteiger partial charge in [-0.3, -0.25) is 0 Å². The van der Waals surface area contributed by atoms with Gasteiger partial charge in [0.15, 0.2) is 0 Å². The van der Waals surface area contributed by atoms with Crippen molar-refractivity contribution in [3.05, 3.63) is 0 Å². The summed E-state index contributed by atoms with van der Waals surface area (Å²) < 4.78 is 0. The Kier molecular flexibility index (Phi) is 5.27. The molecular weight excluding hydrogens is 236 g/mol. The van der Waals surface area contributed by atoms with Gasteiger partial charge in [-0.05, 0) is 70.5 Å². The van der Waals surface area contributed by atoms with Crippen molar-refractivity contribution in [3.63, 3.8) is 0 Å². The monoisotopic (exact) mass is 268 g/mol. The highest BCUT2D eigenvalue weighted by Gasteiger charge is 2.37. The fraction of sp³-hybridized carbons (Fsp3) is 1.00. The normalized spacial score (nSPS) is 34.9. The van der Waals surface area contributed by atoms with Gasteiger partial charge in [-0.1, -0.05) is 13.8 Å². The Hall–Kier alpha value is -0.120. The summed E-state index contributed by atoms with van der Waals surface area (Å²) in [5, 5.41) is 13.1. The van der Waals surface area contributed by atoms with Crippen LogP contribution in [0.1, 0.15) is 52.4 Å². The van der Waals surface area contributed by atoms with Crippen molar-refractivity contribution in [1.29, 1.82) is 0 Å². The third kappa shape index (κ3) is 3.50. The molecule has 3 nitrogen and oxygen atoms in total. The number of piperidine rings is 1. The van der Waals surface area contributed by atoms with Crippen LogP contribution >= 0.6 is 0 Å². The molecule has 1 saturated carbocycles. The number of aliphatic hydroxyl groups excluding tert-OH is 1. The maximum Gasteiger partial charge on any atom is 0.0613 e. The van der Waals surface area contributed by atoms with Crippen LogP contribution in [0.4, 0.5) is 0 Å². The Morgan fingerprint density at radius 3 is 2.47 bits per heavy atom. The van der Waals surface area contributed by atoms with Crippen LogP contribution in [0.3, 0.4) is 0 Å². The van der Waals surface area contributed by atoms with Gasteiger partial charge in [-0.2, -0.15) is 0 Å². The lowest BCUT2D eigenvalue weighted by Gasteiger charge is -2.46. The van der Waals surface area contributed by atoms with Gasteiger partial charge in [0.1, 0.15) is 0 Å². The Morgan fingerprint density at radius 1 is 1.26 bits per heavy atom. The first-order chi connectivity index (χ1) is 9.10. The first kappa shape index (κ1) is 15.3. The summed E-state index contributed by atoms with van der Waals surface area (Å²) in [7, 11) is 2.00. The molecule has 0 aromatic rings. The first-order valence-corrected chi connectivity index (χ1v) is 8.14. The molecule has 1 aliphatic carbocycles. The third-order valence-electron chi connectivity index (χ3n) is 5.69. The summed E-state index contributed by atoms with van der Waals surface area (Å²) in [4.78, 5) is 2.69. The second-order valence-corrected chi connectivity index (χ2v) is 7.06. The fourth-order valence-corrected chi connectivity index (χ4v) is 4.04. The zero-order chi connectivity index (χ0) is 13.9. The maximum absolute atomic E-state index is 9.69. The summed E-state index contributed by atoms with van der Waals surface area (Å²) in [5.41, 5.74) is -0.0161. The number of hydrogen-bond donors (Lipinski definition) is 2. The summed E-state index contributed by atoms with van der Waals surface area (Å²) in [6.07, 6.45) is 7.52. The van der Waals surface area contributed by atoms with Crippen LogP contribution in [0.5, 0.6) is 0 Å². The minimum Gasteiger partial charge on any atom is -0.394 e. The molecule has 0 amide bonds. The van der Waals surface area contributed by atoms with Gasteiger partial charge >= 0.3 is 0 Å². The average Bonchev–Trinajstić information content (AvgIpc) is 2.47. The molecule has 19 heavy (non-hydrogen) atoms. The molecule has 0 spiro atoms. The number of nitrogens with zero attached hydrogens (tertiary/aromatic N) is 1. The number of likely N-dealkylation sites (tertiary alicyclic amines) is 1. The number of aliphatic hydroxyl groups is 1. The van der Waals surface area contributed by atoms with E-state index in [0.717, 1.165) is 24.7 Å². The molecule has 0 aromatic heterocycles. The largest absolute Gasteiger partial charge is 0.394 e. The van der Waals surface area contributed by atoms with Crippen LogP contribution < -0.4 is 5.32 Å². The van der Waals surface area contributed by atoms with E-state index in [1.54, 1.807) is 0 Å². The van der Waals surface area contributed by atoms with E-state index in [1.165, 1.54) is 38.8 Å². The van der Waals surface area contributed by atoms with Gasteiger partial charge in [-0.15, -0.1) is 0 Å². The van der Waals surface area contributed by atoms with E-state index >= 15 is 0 Å². The molecule has 2 unspecified atom stereocenters. The number of hydrogen-bond acceptors (Lipinski definition) is 3. The molecule has 2 fully saturated rings. The molecule has 2 aliphatic rings.